The third-order valence-corrected chi connectivity index (χ3v) is 7.43. The Bertz CT molecular complexity index is 391. The van der Waals surface area contributed by atoms with Gasteiger partial charge in [0.2, 0.25) is 5.91 Å². The lowest BCUT2D eigenvalue weighted by molar-refractivity contribution is -0.126. The lowest BCUT2D eigenvalue weighted by Gasteiger charge is -2.35. The van der Waals surface area contributed by atoms with Crippen molar-refractivity contribution in [3.63, 3.8) is 0 Å². The third-order valence-electron chi connectivity index (χ3n) is 4.70. The quantitative estimate of drug-likeness (QED) is 0.336. The number of carbonyl (C=O) groups is 1. The standard InChI is InChI=1S/C15H23Br4ClN2O/c16-10-3-1-9(2-4-10)13(23)22-14(15(17,18)19)21-12-7-5-11(20)6-8-12/h9-12,14,21H,1-8H2,(H,22,23). The van der Waals surface area contributed by atoms with E-state index in [0.717, 1.165) is 51.4 Å². The molecular weight excluding hydrogens is 579 g/mol. The fraction of sp³-hybridized carbons (Fsp3) is 0.933. The maximum absolute atomic E-state index is 12.6. The normalized spacial score (nSPS) is 34.0. The van der Waals surface area contributed by atoms with Crippen LogP contribution in [0.15, 0.2) is 0 Å². The van der Waals surface area contributed by atoms with E-state index in [1.165, 1.54) is 0 Å². The van der Waals surface area contributed by atoms with Crippen LogP contribution in [0.25, 0.3) is 0 Å². The maximum Gasteiger partial charge on any atom is 0.224 e. The van der Waals surface area contributed by atoms with Gasteiger partial charge >= 0.3 is 0 Å². The van der Waals surface area contributed by atoms with Gasteiger partial charge in [-0.05, 0) is 51.4 Å². The molecule has 2 N–H and O–H groups in total. The fourth-order valence-corrected chi connectivity index (χ4v) is 4.77. The summed E-state index contributed by atoms with van der Waals surface area (Å²) in [7, 11) is 0. The van der Waals surface area contributed by atoms with Gasteiger partial charge in [0.25, 0.3) is 0 Å². The summed E-state index contributed by atoms with van der Waals surface area (Å²) in [5.74, 6) is 0.247. The summed E-state index contributed by atoms with van der Waals surface area (Å²) in [5.41, 5.74) is 0. The van der Waals surface area contributed by atoms with Gasteiger partial charge in [0, 0.05) is 22.2 Å². The van der Waals surface area contributed by atoms with Crippen LogP contribution < -0.4 is 10.6 Å². The zero-order chi connectivity index (χ0) is 17.0. The number of nitrogens with one attached hydrogen (secondary N) is 2. The Morgan fingerprint density at radius 1 is 1.00 bits per heavy atom. The van der Waals surface area contributed by atoms with Crippen molar-refractivity contribution in [2.24, 2.45) is 5.92 Å². The topological polar surface area (TPSA) is 41.1 Å². The number of carbonyl (C=O) groups excluding carboxylic acids is 1. The van der Waals surface area contributed by atoms with E-state index in [1.807, 2.05) is 0 Å². The average Bonchev–Trinajstić information content (AvgIpc) is 2.48. The summed E-state index contributed by atoms with van der Waals surface area (Å²) in [5, 5.41) is 7.01. The molecule has 1 amide bonds. The molecule has 0 aromatic rings. The molecule has 2 rings (SSSR count). The Morgan fingerprint density at radius 3 is 2.09 bits per heavy atom. The van der Waals surface area contributed by atoms with Gasteiger partial charge in [0.1, 0.15) is 6.17 Å². The van der Waals surface area contributed by atoms with E-state index in [9.17, 15) is 4.79 Å². The summed E-state index contributed by atoms with van der Waals surface area (Å²) in [6.07, 6.45) is 7.93. The molecule has 2 aliphatic rings. The summed E-state index contributed by atoms with van der Waals surface area (Å²) >= 11 is 20.5. The largest absolute Gasteiger partial charge is 0.337 e. The molecule has 2 fully saturated rings. The smallest absolute Gasteiger partial charge is 0.224 e. The van der Waals surface area contributed by atoms with E-state index in [1.54, 1.807) is 0 Å². The molecule has 0 heterocycles. The highest BCUT2D eigenvalue weighted by Gasteiger charge is 2.36. The van der Waals surface area contributed by atoms with Crippen LogP contribution in [0.1, 0.15) is 51.4 Å². The minimum absolute atomic E-state index is 0.113. The fourth-order valence-electron chi connectivity index (χ4n) is 3.25. The maximum atomic E-state index is 12.6. The van der Waals surface area contributed by atoms with Crippen LogP contribution in [-0.4, -0.2) is 30.5 Å². The van der Waals surface area contributed by atoms with Crippen LogP contribution in [0, 0.1) is 5.92 Å². The molecule has 0 aliphatic heterocycles. The minimum atomic E-state index is -0.562. The molecule has 0 aromatic carbocycles. The summed E-state index contributed by atoms with van der Waals surface area (Å²) in [4.78, 5) is 13.2. The Kier molecular flexibility index (Phi) is 8.69. The van der Waals surface area contributed by atoms with Crippen molar-refractivity contribution < 1.29 is 4.79 Å². The molecule has 2 saturated carbocycles. The van der Waals surface area contributed by atoms with E-state index >= 15 is 0 Å². The van der Waals surface area contributed by atoms with Crippen LogP contribution in [-0.2, 0) is 4.79 Å². The second-order valence-corrected chi connectivity index (χ2v) is 15.4. The summed E-state index contributed by atoms with van der Waals surface area (Å²) < 4.78 is -0.562. The van der Waals surface area contributed by atoms with Crippen molar-refractivity contribution in [3.8, 4) is 0 Å². The van der Waals surface area contributed by atoms with Crippen LogP contribution in [0.2, 0.25) is 0 Å². The Morgan fingerprint density at radius 2 is 1.57 bits per heavy atom. The minimum Gasteiger partial charge on any atom is -0.337 e. The first-order valence-corrected chi connectivity index (χ1v) is 11.9. The van der Waals surface area contributed by atoms with Gasteiger partial charge in [-0.25, -0.2) is 0 Å². The molecule has 0 radical (unpaired) electrons. The highest BCUT2D eigenvalue weighted by atomic mass is 80.0. The number of hydrogen-bond acceptors (Lipinski definition) is 2. The zero-order valence-electron chi connectivity index (χ0n) is 12.8. The van der Waals surface area contributed by atoms with Gasteiger partial charge in [-0.2, -0.15) is 0 Å². The second-order valence-electron chi connectivity index (χ2n) is 6.55. The molecule has 134 valence electrons. The van der Waals surface area contributed by atoms with Crippen molar-refractivity contribution in [2.75, 3.05) is 0 Å². The number of rotatable bonds is 4. The van der Waals surface area contributed by atoms with Crippen molar-refractivity contribution >= 4 is 81.2 Å². The lowest BCUT2D eigenvalue weighted by atomic mass is 9.88. The van der Waals surface area contributed by atoms with Crippen molar-refractivity contribution in [1.82, 2.24) is 10.6 Å². The number of alkyl halides is 5. The van der Waals surface area contributed by atoms with E-state index in [2.05, 4.69) is 74.4 Å². The van der Waals surface area contributed by atoms with Crippen LogP contribution in [0.5, 0.6) is 0 Å². The molecule has 0 aromatic heterocycles. The molecule has 0 spiro atoms. The van der Waals surface area contributed by atoms with Crippen molar-refractivity contribution in [1.29, 1.82) is 0 Å². The van der Waals surface area contributed by atoms with E-state index in [0.29, 0.717) is 16.2 Å². The first-order valence-electron chi connectivity index (χ1n) is 8.17. The highest BCUT2D eigenvalue weighted by molar-refractivity contribution is 9.39. The predicted octanol–water partition coefficient (Wildman–Crippen LogP) is 5.36. The third kappa shape index (κ3) is 7.05. The molecule has 1 unspecified atom stereocenters. The predicted molar refractivity (Wildman–Crippen MR) is 111 cm³/mol. The molecule has 0 bridgehead atoms. The number of amides is 1. The summed E-state index contributed by atoms with van der Waals surface area (Å²) in [6, 6.07) is 0.376. The second kappa shape index (κ2) is 9.54. The molecular formula is C15H23Br4ClN2O. The van der Waals surface area contributed by atoms with Gasteiger partial charge in [-0.1, -0.05) is 63.7 Å². The van der Waals surface area contributed by atoms with E-state index in [4.69, 9.17) is 11.6 Å². The highest BCUT2D eigenvalue weighted by Crippen LogP contribution is 2.38. The SMILES string of the molecule is O=C(NC(NC1CCC(Cl)CC1)C(Br)(Br)Br)C1CCC(Br)CC1. The molecule has 2 aliphatic carbocycles. The Labute approximate surface area is 177 Å². The van der Waals surface area contributed by atoms with Gasteiger partial charge in [-0.15, -0.1) is 11.6 Å². The van der Waals surface area contributed by atoms with Crippen LogP contribution in [0.3, 0.4) is 0 Å². The lowest BCUT2D eigenvalue weighted by Crippen LogP contribution is -2.57. The van der Waals surface area contributed by atoms with Crippen molar-refractivity contribution in [2.45, 2.75) is 75.9 Å². The van der Waals surface area contributed by atoms with Crippen molar-refractivity contribution in [3.05, 3.63) is 0 Å². The first kappa shape index (κ1) is 20.9. The van der Waals surface area contributed by atoms with Gasteiger partial charge in [0.15, 0.2) is 2.14 Å². The first-order chi connectivity index (χ1) is 10.8. The van der Waals surface area contributed by atoms with Gasteiger partial charge in [0.05, 0.1) is 0 Å². The number of hydrogen-bond donors (Lipinski definition) is 2. The molecule has 0 saturated heterocycles. The van der Waals surface area contributed by atoms with E-state index < -0.39 is 2.14 Å². The average molecular weight is 602 g/mol. The molecule has 1 atom stereocenters. The van der Waals surface area contributed by atoms with E-state index in [-0.39, 0.29) is 18.0 Å². The molecule has 8 heteroatoms. The van der Waals surface area contributed by atoms with Gasteiger partial charge in [-0.3, -0.25) is 10.1 Å². The van der Waals surface area contributed by atoms with Crippen LogP contribution >= 0.6 is 75.3 Å². The van der Waals surface area contributed by atoms with Gasteiger partial charge < -0.3 is 5.32 Å². The molecule has 23 heavy (non-hydrogen) atoms. The Hall–Kier alpha value is 1.64. The Balaban J connectivity index is 1.89. The van der Waals surface area contributed by atoms with Crippen LogP contribution in [0.4, 0.5) is 0 Å². The number of halogens is 5. The zero-order valence-corrected chi connectivity index (χ0v) is 19.9. The monoisotopic (exact) mass is 598 g/mol. The molecule has 3 nitrogen and oxygen atoms in total. The summed E-state index contributed by atoms with van der Waals surface area (Å²) in [6.45, 7) is 0.